The van der Waals surface area contributed by atoms with Gasteiger partial charge in [0.15, 0.2) is 29.0 Å². The third kappa shape index (κ3) is 5.23. The van der Waals surface area contributed by atoms with Gasteiger partial charge in [-0.1, -0.05) is 18.2 Å². The lowest BCUT2D eigenvalue weighted by Crippen LogP contribution is -2.20. The van der Waals surface area contributed by atoms with Crippen LogP contribution in [0.4, 0.5) is 30.7 Å². The van der Waals surface area contributed by atoms with Crippen molar-refractivity contribution in [2.75, 3.05) is 6.61 Å². The monoisotopic (exact) mass is 486 g/mol. The Morgan fingerprint density at radius 2 is 1.44 bits per heavy atom. The highest BCUT2D eigenvalue weighted by molar-refractivity contribution is 5.85. The van der Waals surface area contributed by atoms with Gasteiger partial charge in [0.2, 0.25) is 5.75 Å². The number of halogens is 7. The Bertz CT molecular complexity index is 1180. The molecule has 0 amide bonds. The summed E-state index contributed by atoms with van der Waals surface area (Å²) in [5.74, 6) is -6.03. The number of hydrogen-bond acceptors (Lipinski definition) is 2. The lowest BCUT2D eigenvalue weighted by atomic mass is 9.78. The Morgan fingerprint density at radius 3 is 2.06 bits per heavy atom. The SMILES string of the molecule is Cc1cc(F)c(OCC2CCC(c3ccc4c(F)c(OC(F)(F)F)c(F)cc4c3)CC2)c(F)c1. The van der Waals surface area contributed by atoms with E-state index in [1.54, 1.807) is 19.1 Å². The first-order chi connectivity index (χ1) is 16.0. The number of benzene rings is 3. The summed E-state index contributed by atoms with van der Waals surface area (Å²) in [6.07, 6.45) is -2.33. The molecule has 0 saturated heterocycles. The molecule has 34 heavy (non-hydrogen) atoms. The largest absolute Gasteiger partial charge is 0.573 e. The van der Waals surface area contributed by atoms with E-state index in [0.717, 1.165) is 37.3 Å². The second-order valence-electron chi connectivity index (χ2n) is 8.62. The summed E-state index contributed by atoms with van der Waals surface area (Å²) in [5, 5.41) is -0.0357. The fourth-order valence-corrected chi connectivity index (χ4v) is 4.48. The molecule has 3 aromatic carbocycles. The van der Waals surface area contributed by atoms with E-state index in [0.29, 0.717) is 5.56 Å². The van der Waals surface area contributed by atoms with Crippen molar-refractivity contribution in [1.29, 1.82) is 0 Å². The Kier molecular flexibility index (Phi) is 6.64. The smallest absolute Gasteiger partial charge is 0.487 e. The highest BCUT2D eigenvalue weighted by atomic mass is 19.4. The number of ether oxygens (including phenoxy) is 2. The molecule has 1 saturated carbocycles. The van der Waals surface area contributed by atoms with Crippen LogP contribution < -0.4 is 9.47 Å². The van der Waals surface area contributed by atoms with E-state index < -0.39 is 35.4 Å². The van der Waals surface area contributed by atoms with Gasteiger partial charge in [0.05, 0.1) is 6.61 Å². The maximum Gasteiger partial charge on any atom is 0.573 e. The molecule has 0 aromatic heterocycles. The van der Waals surface area contributed by atoms with Crippen LogP contribution in [0.5, 0.6) is 11.5 Å². The van der Waals surface area contributed by atoms with E-state index in [2.05, 4.69) is 4.74 Å². The normalized spacial score (nSPS) is 18.8. The number of hydrogen-bond donors (Lipinski definition) is 0. The van der Waals surface area contributed by atoms with Crippen molar-refractivity contribution >= 4 is 10.8 Å². The van der Waals surface area contributed by atoms with Crippen molar-refractivity contribution in [3.8, 4) is 11.5 Å². The van der Waals surface area contributed by atoms with Crippen LogP contribution in [-0.2, 0) is 0 Å². The summed E-state index contributed by atoms with van der Waals surface area (Å²) in [7, 11) is 0. The van der Waals surface area contributed by atoms with Crippen LogP contribution in [0, 0.1) is 36.1 Å². The van der Waals surface area contributed by atoms with Crippen LogP contribution in [0.15, 0.2) is 36.4 Å². The lowest BCUT2D eigenvalue weighted by molar-refractivity contribution is -0.276. The van der Waals surface area contributed by atoms with E-state index in [1.165, 1.54) is 18.2 Å². The first-order valence-electron chi connectivity index (χ1n) is 10.8. The Hall–Kier alpha value is -2.97. The van der Waals surface area contributed by atoms with Crippen LogP contribution in [0.1, 0.15) is 42.7 Å². The molecule has 0 spiro atoms. The molecule has 182 valence electrons. The van der Waals surface area contributed by atoms with E-state index in [1.807, 2.05) is 0 Å². The summed E-state index contributed by atoms with van der Waals surface area (Å²) in [6.45, 7) is 1.75. The summed E-state index contributed by atoms with van der Waals surface area (Å²) >= 11 is 0. The molecule has 0 bridgehead atoms. The second-order valence-corrected chi connectivity index (χ2v) is 8.62. The van der Waals surface area contributed by atoms with Crippen molar-refractivity contribution < 1.29 is 40.2 Å². The minimum Gasteiger partial charge on any atom is -0.487 e. The zero-order chi connectivity index (χ0) is 24.6. The minimum atomic E-state index is -5.21. The van der Waals surface area contributed by atoms with Gasteiger partial charge in [-0.05, 0) is 79.2 Å². The second kappa shape index (κ2) is 9.35. The highest BCUT2D eigenvalue weighted by Crippen LogP contribution is 2.39. The molecule has 1 fully saturated rings. The van der Waals surface area contributed by atoms with Crippen molar-refractivity contribution in [2.24, 2.45) is 5.92 Å². The number of aryl methyl sites for hydroxylation is 1. The molecule has 0 aliphatic heterocycles. The van der Waals surface area contributed by atoms with Gasteiger partial charge in [0.1, 0.15) is 0 Å². The zero-order valence-corrected chi connectivity index (χ0v) is 18.1. The molecule has 0 heterocycles. The van der Waals surface area contributed by atoms with E-state index in [9.17, 15) is 30.7 Å². The van der Waals surface area contributed by atoms with Crippen molar-refractivity contribution in [1.82, 2.24) is 0 Å². The van der Waals surface area contributed by atoms with Crippen LogP contribution in [-0.4, -0.2) is 13.0 Å². The topological polar surface area (TPSA) is 18.5 Å². The summed E-state index contributed by atoms with van der Waals surface area (Å²) in [5.41, 5.74) is 1.27. The Morgan fingerprint density at radius 1 is 0.824 bits per heavy atom. The quantitative estimate of drug-likeness (QED) is 0.341. The predicted octanol–water partition coefficient (Wildman–Crippen LogP) is 7.96. The van der Waals surface area contributed by atoms with Gasteiger partial charge in [-0.15, -0.1) is 13.2 Å². The zero-order valence-electron chi connectivity index (χ0n) is 18.1. The van der Waals surface area contributed by atoms with E-state index in [-0.39, 0.29) is 35.0 Å². The van der Waals surface area contributed by atoms with Crippen LogP contribution >= 0.6 is 0 Å². The average Bonchev–Trinajstić information content (AvgIpc) is 2.75. The molecule has 1 aliphatic carbocycles. The molecule has 4 rings (SSSR count). The molecule has 0 atom stereocenters. The predicted molar refractivity (Wildman–Crippen MR) is 112 cm³/mol. The van der Waals surface area contributed by atoms with Gasteiger partial charge < -0.3 is 9.47 Å². The molecular formula is C25H21F7O2. The van der Waals surface area contributed by atoms with Gasteiger partial charge in [-0.2, -0.15) is 0 Å². The van der Waals surface area contributed by atoms with Crippen LogP contribution in [0.25, 0.3) is 10.8 Å². The fraction of sp³-hybridized carbons (Fsp3) is 0.360. The third-order valence-electron chi connectivity index (χ3n) is 6.15. The Labute approximate surface area is 191 Å². The first kappa shape index (κ1) is 24.2. The fourth-order valence-electron chi connectivity index (χ4n) is 4.48. The highest BCUT2D eigenvalue weighted by Gasteiger charge is 2.34. The summed E-state index contributed by atoms with van der Waals surface area (Å²) in [6, 6.07) is 7.74. The van der Waals surface area contributed by atoms with Crippen molar-refractivity contribution in [2.45, 2.75) is 44.9 Å². The van der Waals surface area contributed by atoms with Crippen LogP contribution in [0.3, 0.4) is 0 Å². The number of alkyl halides is 3. The van der Waals surface area contributed by atoms with Gasteiger partial charge in [0.25, 0.3) is 0 Å². The van der Waals surface area contributed by atoms with Gasteiger partial charge in [-0.3, -0.25) is 0 Å². The number of rotatable bonds is 5. The summed E-state index contributed by atoms with van der Waals surface area (Å²) in [4.78, 5) is 0. The standard InChI is InChI=1S/C25H21F7O2/c1-13-8-19(26)23(20(27)9-13)33-12-14-2-4-15(5-3-14)16-6-7-18-17(10-16)11-21(28)24(22(18)29)34-25(30,31)32/h6-11,14-15H,2-5,12H2,1H3. The Balaban J connectivity index is 1.42. The van der Waals surface area contributed by atoms with Crippen LogP contribution in [0.2, 0.25) is 0 Å². The molecule has 9 heteroatoms. The maximum atomic E-state index is 14.5. The minimum absolute atomic E-state index is 0.0747. The van der Waals surface area contributed by atoms with Crippen molar-refractivity contribution in [3.05, 3.63) is 70.8 Å². The van der Waals surface area contributed by atoms with Gasteiger partial charge in [0, 0.05) is 5.39 Å². The molecule has 2 nitrogen and oxygen atoms in total. The summed E-state index contributed by atoms with van der Waals surface area (Å²) < 4.78 is 103. The molecule has 0 N–H and O–H groups in total. The lowest BCUT2D eigenvalue weighted by Gasteiger charge is -2.29. The third-order valence-corrected chi connectivity index (χ3v) is 6.15. The van der Waals surface area contributed by atoms with Crippen molar-refractivity contribution in [3.63, 3.8) is 0 Å². The molecule has 0 unspecified atom stereocenters. The van der Waals surface area contributed by atoms with E-state index in [4.69, 9.17) is 4.74 Å². The number of fused-ring (bicyclic) bond motifs is 1. The molecular weight excluding hydrogens is 465 g/mol. The van der Waals surface area contributed by atoms with Gasteiger partial charge in [-0.25, -0.2) is 17.6 Å². The van der Waals surface area contributed by atoms with E-state index >= 15 is 0 Å². The first-order valence-corrected chi connectivity index (χ1v) is 10.8. The average molecular weight is 486 g/mol. The maximum absolute atomic E-state index is 14.5. The molecule has 0 radical (unpaired) electrons. The molecule has 3 aromatic rings. The molecule has 1 aliphatic rings. The van der Waals surface area contributed by atoms with Gasteiger partial charge >= 0.3 is 6.36 Å².